The number of ether oxygens (including phenoxy) is 1. The van der Waals surface area contributed by atoms with Crippen LogP contribution < -0.4 is 10.1 Å². The normalized spacial score (nSPS) is 10.8. The van der Waals surface area contributed by atoms with Crippen molar-refractivity contribution >= 4 is 23.5 Å². The number of benzene rings is 3. The predicted molar refractivity (Wildman–Crippen MR) is 146 cm³/mol. The van der Waals surface area contributed by atoms with Gasteiger partial charge in [0, 0.05) is 16.8 Å². The van der Waals surface area contributed by atoms with Crippen molar-refractivity contribution in [3.05, 3.63) is 101 Å². The summed E-state index contributed by atoms with van der Waals surface area (Å²) in [6, 6.07) is 24.2. The minimum absolute atomic E-state index is 0.0152. The van der Waals surface area contributed by atoms with Gasteiger partial charge in [0.05, 0.1) is 18.9 Å². The molecule has 7 nitrogen and oxygen atoms in total. The average molecular weight is 515 g/mol. The van der Waals surface area contributed by atoms with Gasteiger partial charge in [-0.25, -0.2) is 0 Å². The lowest BCUT2D eigenvalue weighted by Crippen LogP contribution is -2.24. The van der Waals surface area contributed by atoms with Gasteiger partial charge in [0.1, 0.15) is 5.75 Å². The summed E-state index contributed by atoms with van der Waals surface area (Å²) in [5, 5.41) is 12.2. The molecule has 0 saturated heterocycles. The van der Waals surface area contributed by atoms with Crippen LogP contribution in [0.2, 0.25) is 0 Å². The van der Waals surface area contributed by atoms with Crippen LogP contribution in [0.4, 0.5) is 0 Å². The zero-order valence-corrected chi connectivity index (χ0v) is 21.8. The van der Waals surface area contributed by atoms with Gasteiger partial charge in [0.25, 0.3) is 5.91 Å². The monoisotopic (exact) mass is 514 g/mol. The second kappa shape index (κ2) is 12.9. The molecule has 0 atom stereocenters. The number of amides is 1. The highest BCUT2D eigenvalue weighted by molar-refractivity contribution is 7.99. The maximum absolute atomic E-state index is 12.8. The van der Waals surface area contributed by atoms with Crippen molar-refractivity contribution in [1.29, 1.82) is 0 Å². The molecule has 1 aromatic heterocycles. The van der Waals surface area contributed by atoms with E-state index in [0.717, 1.165) is 29.8 Å². The van der Waals surface area contributed by atoms with E-state index in [4.69, 9.17) is 4.74 Å². The Morgan fingerprint density at radius 2 is 1.73 bits per heavy atom. The number of Topliss-reactive ketones (excluding diaryl/α,β-unsaturated/α-hetero) is 1. The van der Waals surface area contributed by atoms with Crippen LogP contribution >= 0.6 is 11.8 Å². The number of nitrogens with zero attached hydrogens (tertiary/aromatic N) is 3. The van der Waals surface area contributed by atoms with Crippen molar-refractivity contribution in [2.24, 2.45) is 0 Å². The van der Waals surface area contributed by atoms with Gasteiger partial charge in [-0.05, 0) is 55.3 Å². The molecule has 0 fully saturated rings. The lowest BCUT2D eigenvalue weighted by Gasteiger charge is -2.12. The molecule has 0 unspecified atom stereocenters. The largest absolute Gasteiger partial charge is 0.494 e. The Labute approximate surface area is 221 Å². The van der Waals surface area contributed by atoms with E-state index in [0.29, 0.717) is 28.7 Å². The van der Waals surface area contributed by atoms with E-state index in [9.17, 15) is 9.59 Å². The Morgan fingerprint density at radius 1 is 0.946 bits per heavy atom. The molecule has 37 heavy (non-hydrogen) atoms. The third-order valence-corrected chi connectivity index (χ3v) is 6.61. The summed E-state index contributed by atoms with van der Waals surface area (Å²) in [6.07, 6.45) is 2.06. The van der Waals surface area contributed by atoms with Crippen molar-refractivity contribution in [1.82, 2.24) is 20.1 Å². The average Bonchev–Trinajstić information content (AvgIpc) is 3.34. The van der Waals surface area contributed by atoms with E-state index in [1.54, 1.807) is 36.4 Å². The molecule has 3 aromatic carbocycles. The molecule has 0 radical (unpaired) electrons. The topological polar surface area (TPSA) is 86.1 Å². The fraction of sp³-hybridized carbons (Fsp3) is 0.241. The van der Waals surface area contributed by atoms with Gasteiger partial charge in [0.15, 0.2) is 16.8 Å². The van der Waals surface area contributed by atoms with Crippen molar-refractivity contribution < 1.29 is 14.3 Å². The Bertz CT molecular complexity index is 1340. The molecule has 4 rings (SSSR count). The number of nitrogens with one attached hydrogen (secondary N) is 1. The predicted octanol–water partition coefficient (Wildman–Crippen LogP) is 5.66. The number of hydrogen-bond donors (Lipinski definition) is 1. The lowest BCUT2D eigenvalue weighted by atomic mass is 10.2. The van der Waals surface area contributed by atoms with Crippen molar-refractivity contribution in [2.45, 2.75) is 38.4 Å². The first-order chi connectivity index (χ1) is 18.0. The van der Waals surface area contributed by atoms with E-state index >= 15 is 0 Å². The van der Waals surface area contributed by atoms with Crippen molar-refractivity contribution in [3.8, 4) is 11.4 Å². The van der Waals surface area contributed by atoms with Crippen LogP contribution in [0.3, 0.4) is 0 Å². The third kappa shape index (κ3) is 7.07. The van der Waals surface area contributed by atoms with Crippen LogP contribution in [-0.2, 0) is 6.54 Å². The highest BCUT2D eigenvalue weighted by atomic mass is 32.2. The van der Waals surface area contributed by atoms with Gasteiger partial charge in [-0.3, -0.25) is 14.2 Å². The first-order valence-corrected chi connectivity index (χ1v) is 13.3. The van der Waals surface area contributed by atoms with Crippen LogP contribution in [0, 0.1) is 6.92 Å². The lowest BCUT2D eigenvalue weighted by molar-refractivity contribution is 0.0948. The number of rotatable bonds is 12. The number of carbonyl (C=O) groups is 2. The second-order valence-electron chi connectivity index (χ2n) is 8.56. The SMILES string of the molecule is CCCCOc1ccc(C(=O)NCc2nnc(SCC(=O)c3ccccc3)n2-c2cccc(C)c2)cc1. The maximum atomic E-state index is 12.8. The summed E-state index contributed by atoms with van der Waals surface area (Å²) in [4.78, 5) is 25.5. The van der Waals surface area contributed by atoms with Gasteiger partial charge >= 0.3 is 0 Å². The summed E-state index contributed by atoms with van der Waals surface area (Å²) >= 11 is 1.32. The third-order valence-electron chi connectivity index (χ3n) is 5.68. The van der Waals surface area contributed by atoms with Gasteiger partial charge in [-0.1, -0.05) is 67.6 Å². The van der Waals surface area contributed by atoms with Gasteiger partial charge in [0.2, 0.25) is 0 Å². The number of thioether (sulfide) groups is 1. The Hall–Kier alpha value is -3.91. The first kappa shape index (κ1) is 26.2. The van der Waals surface area contributed by atoms with Crippen LogP contribution in [-0.4, -0.2) is 38.8 Å². The molecule has 0 bridgehead atoms. The molecule has 4 aromatic rings. The molecule has 1 amide bonds. The summed E-state index contributed by atoms with van der Waals surface area (Å²) < 4.78 is 7.57. The number of ketones is 1. The van der Waals surface area contributed by atoms with Crippen molar-refractivity contribution in [3.63, 3.8) is 0 Å². The highest BCUT2D eigenvalue weighted by Gasteiger charge is 2.18. The standard InChI is InChI=1S/C29H30N4O3S/c1-3-4-17-36-25-15-13-23(14-16-25)28(35)30-19-27-31-32-29(33(27)24-12-8-9-21(2)18-24)37-20-26(34)22-10-6-5-7-11-22/h5-16,18H,3-4,17,19-20H2,1-2H3,(H,30,35). The van der Waals surface area contributed by atoms with Gasteiger partial charge < -0.3 is 10.1 Å². The summed E-state index contributed by atoms with van der Waals surface area (Å²) in [7, 11) is 0. The molecule has 0 saturated carbocycles. The second-order valence-corrected chi connectivity index (χ2v) is 9.50. The van der Waals surface area contributed by atoms with E-state index in [-0.39, 0.29) is 24.0 Å². The van der Waals surface area contributed by atoms with Crippen LogP contribution in [0.25, 0.3) is 5.69 Å². The molecular weight excluding hydrogens is 484 g/mol. The molecule has 0 aliphatic rings. The van der Waals surface area contributed by atoms with E-state index in [1.165, 1.54) is 11.8 Å². The molecule has 1 heterocycles. The molecule has 0 aliphatic carbocycles. The summed E-state index contributed by atoms with van der Waals surface area (Å²) in [6.45, 7) is 4.97. The fourth-order valence-corrected chi connectivity index (χ4v) is 4.54. The van der Waals surface area contributed by atoms with E-state index in [2.05, 4.69) is 22.4 Å². The number of hydrogen-bond acceptors (Lipinski definition) is 6. The molecule has 8 heteroatoms. The van der Waals surface area contributed by atoms with Crippen LogP contribution in [0.5, 0.6) is 5.75 Å². The van der Waals surface area contributed by atoms with Crippen LogP contribution in [0.15, 0.2) is 84.0 Å². The fourth-order valence-electron chi connectivity index (χ4n) is 3.67. The Morgan fingerprint density at radius 3 is 2.46 bits per heavy atom. The molecular formula is C29H30N4O3S. The molecule has 1 N–H and O–H groups in total. The van der Waals surface area contributed by atoms with Gasteiger partial charge in [-0.2, -0.15) is 0 Å². The van der Waals surface area contributed by atoms with Crippen molar-refractivity contribution in [2.75, 3.05) is 12.4 Å². The minimum Gasteiger partial charge on any atom is -0.494 e. The molecule has 0 spiro atoms. The summed E-state index contributed by atoms with van der Waals surface area (Å²) in [5.74, 6) is 1.35. The number of aromatic nitrogens is 3. The Balaban J connectivity index is 1.47. The Kier molecular flexibility index (Phi) is 9.10. The number of carbonyl (C=O) groups excluding carboxylic acids is 2. The summed E-state index contributed by atoms with van der Waals surface area (Å²) in [5.41, 5.74) is 3.15. The first-order valence-electron chi connectivity index (χ1n) is 12.3. The quantitative estimate of drug-likeness (QED) is 0.149. The van der Waals surface area contributed by atoms with E-state index < -0.39 is 0 Å². The maximum Gasteiger partial charge on any atom is 0.251 e. The molecule has 190 valence electrons. The van der Waals surface area contributed by atoms with Crippen LogP contribution in [0.1, 0.15) is 51.9 Å². The van der Waals surface area contributed by atoms with E-state index in [1.807, 2.05) is 54.0 Å². The number of unbranched alkanes of at least 4 members (excludes halogenated alkanes) is 1. The highest BCUT2D eigenvalue weighted by Crippen LogP contribution is 2.24. The number of aryl methyl sites for hydroxylation is 1. The molecule has 0 aliphatic heterocycles. The smallest absolute Gasteiger partial charge is 0.251 e. The zero-order valence-electron chi connectivity index (χ0n) is 21.0. The zero-order chi connectivity index (χ0) is 26.0. The minimum atomic E-state index is -0.215. The van der Waals surface area contributed by atoms with Gasteiger partial charge in [-0.15, -0.1) is 10.2 Å².